The van der Waals surface area contributed by atoms with Crippen molar-refractivity contribution in [2.24, 2.45) is 0 Å². The van der Waals surface area contributed by atoms with Crippen molar-refractivity contribution >= 4 is 11.4 Å². The van der Waals surface area contributed by atoms with Gasteiger partial charge in [-0.15, -0.1) is 0 Å². The van der Waals surface area contributed by atoms with Crippen molar-refractivity contribution < 1.29 is 9.84 Å². The highest BCUT2D eigenvalue weighted by Crippen LogP contribution is 2.28. The van der Waals surface area contributed by atoms with E-state index >= 15 is 0 Å². The molecule has 0 aromatic heterocycles. The lowest BCUT2D eigenvalue weighted by Crippen LogP contribution is -2.54. The number of anilines is 2. The molecule has 0 aliphatic carbocycles. The van der Waals surface area contributed by atoms with Gasteiger partial charge in [-0.05, 0) is 44.5 Å². The maximum atomic E-state index is 9.32. The van der Waals surface area contributed by atoms with E-state index in [1.807, 2.05) is 32.9 Å². The lowest BCUT2D eigenvalue weighted by atomic mass is 10.0. The van der Waals surface area contributed by atoms with E-state index in [0.29, 0.717) is 6.54 Å². The average Bonchev–Trinajstić information content (AvgIpc) is 2.25. The van der Waals surface area contributed by atoms with Crippen molar-refractivity contribution in [2.75, 3.05) is 30.3 Å². The Hall–Kier alpha value is -1.26. The SMILES string of the molecule is Cc1cc(N)cc(N2CC(CO)OC(C)(C)C2)c1. The number of benzene rings is 1. The first-order valence-electron chi connectivity index (χ1n) is 6.30. The quantitative estimate of drug-likeness (QED) is 0.782. The predicted octanol–water partition coefficient (Wildman–Crippen LogP) is 1.55. The zero-order valence-corrected chi connectivity index (χ0v) is 11.3. The third-order valence-electron chi connectivity index (χ3n) is 3.13. The molecule has 1 unspecified atom stereocenters. The number of nitrogen functional groups attached to an aromatic ring is 1. The number of nitrogens with two attached hydrogens (primary N) is 1. The highest BCUT2D eigenvalue weighted by molar-refractivity contribution is 5.58. The van der Waals surface area contributed by atoms with Crippen molar-refractivity contribution in [3.63, 3.8) is 0 Å². The van der Waals surface area contributed by atoms with Crippen molar-refractivity contribution in [2.45, 2.75) is 32.5 Å². The van der Waals surface area contributed by atoms with E-state index in [2.05, 4.69) is 11.0 Å². The van der Waals surface area contributed by atoms with E-state index in [9.17, 15) is 5.11 Å². The molecule has 0 saturated carbocycles. The Kier molecular flexibility index (Phi) is 3.50. The van der Waals surface area contributed by atoms with Crippen LogP contribution in [0.3, 0.4) is 0 Å². The van der Waals surface area contributed by atoms with Crippen LogP contribution in [0.25, 0.3) is 0 Å². The van der Waals surface area contributed by atoms with Gasteiger partial charge in [0.05, 0.1) is 18.3 Å². The lowest BCUT2D eigenvalue weighted by Gasteiger charge is -2.43. The number of aryl methyl sites for hydroxylation is 1. The third-order valence-corrected chi connectivity index (χ3v) is 3.13. The van der Waals surface area contributed by atoms with E-state index in [4.69, 9.17) is 10.5 Å². The molecule has 1 fully saturated rings. The standard InChI is InChI=1S/C14H22N2O2/c1-10-4-11(15)6-12(5-10)16-7-13(8-17)18-14(2,3)9-16/h4-6,13,17H,7-9,15H2,1-3H3. The molecule has 1 saturated heterocycles. The van der Waals surface area contributed by atoms with E-state index in [1.165, 1.54) is 0 Å². The normalized spacial score (nSPS) is 23.1. The fraction of sp³-hybridized carbons (Fsp3) is 0.571. The maximum absolute atomic E-state index is 9.32. The van der Waals surface area contributed by atoms with Crippen LogP contribution in [-0.2, 0) is 4.74 Å². The molecule has 0 spiro atoms. The molecule has 4 nitrogen and oxygen atoms in total. The van der Waals surface area contributed by atoms with Crippen molar-refractivity contribution in [1.82, 2.24) is 0 Å². The van der Waals surface area contributed by atoms with Crippen LogP contribution in [0.4, 0.5) is 11.4 Å². The second kappa shape index (κ2) is 4.78. The van der Waals surface area contributed by atoms with Gasteiger partial charge < -0.3 is 20.5 Å². The van der Waals surface area contributed by atoms with Crippen LogP contribution < -0.4 is 10.6 Å². The van der Waals surface area contributed by atoms with Gasteiger partial charge in [-0.3, -0.25) is 0 Å². The van der Waals surface area contributed by atoms with Crippen LogP contribution in [0.1, 0.15) is 19.4 Å². The summed E-state index contributed by atoms with van der Waals surface area (Å²) in [4.78, 5) is 2.23. The molecule has 2 rings (SSSR count). The van der Waals surface area contributed by atoms with Gasteiger partial charge >= 0.3 is 0 Å². The Bertz CT molecular complexity index is 412. The Balaban J connectivity index is 2.26. The van der Waals surface area contributed by atoms with Crippen molar-refractivity contribution in [3.05, 3.63) is 23.8 Å². The first kappa shape index (κ1) is 13.2. The molecule has 1 aromatic rings. The lowest BCUT2D eigenvalue weighted by molar-refractivity contribution is -0.101. The first-order chi connectivity index (χ1) is 8.39. The molecule has 1 atom stereocenters. The van der Waals surface area contributed by atoms with Crippen LogP contribution >= 0.6 is 0 Å². The number of aliphatic hydroxyl groups is 1. The predicted molar refractivity (Wildman–Crippen MR) is 73.8 cm³/mol. The number of hydrogen-bond donors (Lipinski definition) is 2. The van der Waals surface area contributed by atoms with E-state index in [1.54, 1.807) is 0 Å². The molecule has 18 heavy (non-hydrogen) atoms. The minimum absolute atomic E-state index is 0.0429. The summed E-state index contributed by atoms with van der Waals surface area (Å²) in [5, 5.41) is 9.32. The largest absolute Gasteiger partial charge is 0.399 e. The maximum Gasteiger partial charge on any atom is 0.0988 e. The van der Waals surface area contributed by atoms with Crippen LogP contribution in [0.2, 0.25) is 0 Å². The highest BCUT2D eigenvalue weighted by atomic mass is 16.5. The molecule has 0 radical (unpaired) electrons. The van der Waals surface area contributed by atoms with Crippen LogP contribution in [0.5, 0.6) is 0 Å². The zero-order chi connectivity index (χ0) is 13.3. The summed E-state index contributed by atoms with van der Waals surface area (Å²) in [6, 6.07) is 6.05. The molecule has 1 heterocycles. The van der Waals surface area contributed by atoms with E-state index in [0.717, 1.165) is 23.5 Å². The number of rotatable bonds is 2. The van der Waals surface area contributed by atoms with Crippen LogP contribution in [0.15, 0.2) is 18.2 Å². The number of nitrogens with zero attached hydrogens (tertiary/aromatic N) is 1. The summed E-state index contributed by atoms with van der Waals surface area (Å²) < 4.78 is 5.81. The minimum atomic E-state index is -0.260. The summed E-state index contributed by atoms with van der Waals surface area (Å²) >= 11 is 0. The van der Waals surface area contributed by atoms with Gasteiger partial charge in [-0.1, -0.05) is 0 Å². The van der Waals surface area contributed by atoms with Crippen molar-refractivity contribution in [1.29, 1.82) is 0 Å². The molecule has 0 bridgehead atoms. The summed E-state index contributed by atoms with van der Waals surface area (Å²) in [7, 11) is 0. The van der Waals surface area contributed by atoms with Gasteiger partial charge in [0.2, 0.25) is 0 Å². The second-order valence-corrected chi connectivity index (χ2v) is 5.66. The smallest absolute Gasteiger partial charge is 0.0988 e. The van der Waals surface area contributed by atoms with Crippen molar-refractivity contribution in [3.8, 4) is 0 Å². The summed E-state index contributed by atoms with van der Waals surface area (Å²) in [5.74, 6) is 0. The molecule has 100 valence electrons. The average molecular weight is 250 g/mol. The van der Waals surface area contributed by atoms with Gasteiger partial charge in [0, 0.05) is 24.5 Å². The number of hydrogen-bond acceptors (Lipinski definition) is 4. The molecule has 0 amide bonds. The topological polar surface area (TPSA) is 58.7 Å². The zero-order valence-electron chi connectivity index (χ0n) is 11.3. The number of ether oxygens (including phenoxy) is 1. The fourth-order valence-corrected chi connectivity index (χ4v) is 2.56. The molecular weight excluding hydrogens is 228 g/mol. The van der Waals surface area contributed by atoms with Gasteiger partial charge in [0.25, 0.3) is 0 Å². The van der Waals surface area contributed by atoms with Crippen LogP contribution in [-0.4, -0.2) is 36.5 Å². The van der Waals surface area contributed by atoms with Gasteiger partial charge in [0.1, 0.15) is 0 Å². The summed E-state index contributed by atoms with van der Waals surface area (Å²) in [5.41, 5.74) is 8.65. The van der Waals surface area contributed by atoms with Gasteiger partial charge in [-0.2, -0.15) is 0 Å². The number of aliphatic hydroxyl groups excluding tert-OH is 1. The summed E-state index contributed by atoms with van der Waals surface area (Å²) in [6.45, 7) is 7.66. The molecule has 1 aromatic carbocycles. The molecular formula is C14H22N2O2. The summed E-state index contributed by atoms with van der Waals surface area (Å²) in [6.07, 6.45) is -0.143. The van der Waals surface area contributed by atoms with E-state index in [-0.39, 0.29) is 18.3 Å². The minimum Gasteiger partial charge on any atom is -0.399 e. The molecule has 3 N–H and O–H groups in total. The van der Waals surface area contributed by atoms with Gasteiger partial charge in [-0.25, -0.2) is 0 Å². The third kappa shape index (κ3) is 2.94. The second-order valence-electron chi connectivity index (χ2n) is 5.66. The number of morpholine rings is 1. The first-order valence-corrected chi connectivity index (χ1v) is 6.30. The molecule has 1 aliphatic rings. The monoisotopic (exact) mass is 250 g/mol. The Morgan fingerprint density at radius 2 is 2.17 bits per heavy atom. The fourth-order valence-electron chi connectivity index (χ4n) is 2.56. The van der Waals surface area contributed by atoms with Gasteiger partial charge in [0.15, 0.2) is 0 Å². The Morgan fingerprint density at radius 1 is 1.44 bits per heavy atom. The molecule has 4 heteroatoms. The van der Waals surface area contributed by atoms with Crippen LogP contribution in [0, 0.1) is 6.92 Å². The van der Waals surface area contributed by atoms with E-state index < -0.39 is 0 Å². The Morgan fingerprint density at radius 3 is 2.78 bits per heavy atom. The molecule has 1 aliphatic heterocycles. The highest BCUT2D eigenvalue weighted by Gasteiger charge is 2.33. The Labute approximate surface area is 108 Å².